The number of para-hydroxylation sites is 2. The minimum atomic E-state index is -0.204. The van der Waals surface area contributed by atoms with Gasteiger partial charge in [-0.25, -0.2) is 4.98 Å². The van der Waals surface area contributed by atoms with Gasteiger partial charge in [-0.05, 0) is 111 Å². The van der Waals surface area contributed by atoms with Gasteiger partial charge in [0, 0.05) is 17.3 Å². The summed E-state index contributed by atoms with van der Waals surface area (Å²) in [6, 6.07) is 63.0. The first-order valence-electron chi connectivity index (χ1n) is 19.0. The van der Waals surface area contributed by atoms with Crippen LogP contribution in [0.3, 0.4) is 0 Å². The van der Waals surface area contributed by atoms with Crippen LogP contribution < -0.4 is 0 Å². The average Bonchev–Trinajstić information content (AvgIpc) is 3.63. The molecule has 2 heterocycles. The number of pyridine rings is 1. The van der Waals surface area contributed by atoms with Crippen LogP contribution in [0.25, 0.3) is 83.9 Å². The Morgan fingerprint density at radius 1 is 0.464 bits per heavy atom. The Bertz CT molecular complexity index is 2830. The second-order valence-corrected chi connectivity index (χ2v) is 15.3. The molecule has 9 aromatic rings. The molecule has 0 aliphatic rings. The van der Waals surface area contributed by atoms with Crippen LogP contribution in [-0.2, 0) is 5.41 Å². The highest BCUT2D eigenvalue weighted by atomic mass is 16.3. The third-order valence-electron chi connectivity index (χ3n) is 10.5. The van der Waals surface area contributed by atoms with Gasteiger partial charge in [-0.2, -0.15) is 0 Å². The monoisotopic (exact) mass is 723 g/mol. The van der Waals surface area contributed by atoms with Crippen molar-refractivity contribution in [2.45, 2.75) is 26.2 Å². The maximum Gasteiger partial charge on any atom is 0.149 e. The van der Waals surface area contributed by atoms with E-state index in [-0.39, 0.29) is 11.2 Å². The van der Waals surface area contributed by atoms with Crippen molar-refractivity contribution in [2.24, 2.45) is 0 Å². The number of benzene rings is 7. The van der Waals surface area contributed by atoms with Gasteiger partial charge in [0.05, 0.1) is 28.0 Å². The molecule has 0 atom stereocenters. The van der Waals surface area contributed by atoms with Crippen LogP contribution in [0.1, 0.15) is 26.3 Å². The van der Waals surface area contributed by atoms with Crippen molar-refractivity contribution in [3.63, 3.8) is 0 Å². The summed E-state index contributed by atoms with van der Waals surface area (Å²) in [5, 5.41) is 11.3. The van der Waals surface area contributed by atoms with E-state index < -0.39 is 0 Å². The van der Waals surface area contributed by atoms with Crippen molar-refractivity contribution < 1.29 is 5.11 Å². The number of hydrogen-bond acceptors (Lipinski definition) is 3. The second-order valence-electron chi connectivity index (χ2n) is 15.3. The largest absolute Gasteiger partial charge is 0.507 e. The minimum Gasteiger partial charge on any atom is -0.507 e. The van der Waals surface area contributed by atoms with Crippen molar-refractivity contribution in [3.8, 4) is 78.6 Å². The number of rotatable bonds is 7. The van der Waals surface area contributed by atoms with Crippen LogP contribution >= 0.6 is 0 Å². The summed E-state index contributed by atoms with van der Waals surface area (Å²) in [6.45, 7) is 6.76. The van der Waals surface area contributed by atoms with Gasteiger partial charge in [0.25, 0.3) is 0 Å². The number of nitrogens with zero attached hydrogens (tertiary/aromatic N) is 3. The third kappa shape index (κ3) is 6.56. The lowest BCUT2D eigenvalue weighted by Gasteiger charge is -2.25. The summed E-state index contributed by atoms with van der Waals surface area (Å²) in [5.74, 6) is 0.863. The van der Waals surface area contributed by atoms with Crippen molar-refractivity contribution in [3.05, 3.63) is 194 Å². The molecule has 0 unspecified atom stereocenters. The number of aromatic hydroxyl groups is 1. The van der Waals surface area contributed by atoms with Gasteiger partial charge in [0.2, 0.25) is 0 Å². The Labute approximate surface area is 328 Å². The van der Waals surface area contributed by atoms with Crippen molar-refractivity contribution in [1.82, 2.24) is 14.5 Å². The normalized spacial score (nSPS) is 11.6. The minimum absolute atomic E-state index is 0.182. The molecule has 0 aliphatic heterocycles. The summed E-state index contributed by atoms with van der Waals surface area (Å²) in [7, 11) is 0. The lowest BCUT2D eigenvalue weighted by molar-refractivity contribution is 0.477. The second kappa shape index (κ2) is 14.3. The van der Waals surface area contributed by atoms with E-state index in [1.54, 1.807) is 6.07 Å². The molecule has 4 nitrogen and oxygen atoms in total. The molecule has 0 saturated carbocycles. The highest BCUT2D eigenvalue weighted by Gasteiger charge is 2.26. The topological polar surface area (TPSA) is 50.9 Å². The van der Waals surface area contributed by atoms with Crippen LogP contribution in [0.5, 0.6) is 5.75 Å². The third-order valence-corrected chi connectivity index (χ3v) is 10.5. The zero-order chi connectivity index (χ0) is 38.2. The zero-order valence-electron chi connectivity index (χ0n) is 31.7. The van der Waals surface area contributed by atoms with E-state index in [1.165, 1.54) is 11.1 Å². The Kier molecular flexibility index (Phi) is 8.87. The van der Waals surface area contributed by atoms with Gasteiger partial charge < -0.3 is 5.11 Å². The predicted molar refractivity (Wildman–Crippen MR) is 232 cm³/mol. The molecule has 2 aromatic heterocycles. The molecule has 56 heavy (non-hydrogen) atoms. The van der Waals surface area contributed by atoms with Crippen molar-refractivity contribution >= 4 is 11.0 Å². The zero-order valence-corrected chi connectivity index (χ0v) is 31.7. The predicted octanol–water partition coefficient (Wildman–Crippen LogP) is 13.4. The summed E-state index contributed by atoms with van der Waals surface area (Å²) in [5.41, 5.74) is 15.2. The lowest BCUT2D eigenvalue weighted by Crippen LogP contribution is -2.16. The summed E-state index contributed by atoms with van der Waals surface area (Å²) < 4.78 is 2.23. The number of imidazole rings is 1. The number of aromatic nitrogens is 3. The lowest BCUT2D eigenvalue weighted by atomic mass is 9.83. The average molecular weight is 724 g/mol. The molecule has 1 N–H and O–H groups in total. The van der Waals surface area contributed by atoms with Gasteiger partial charge in [0.1, 0.15) is 11.6 Å². The standard InChI is InChI=1S/C52H41N3O/c1-52(2,3)45-33-38(35-16-7-4-8-17-35)26-27-47(45)55-48-24-15-23-43(50(48)54-51(55)44-22-13-14-25-49(44)56)41-30-40(37-20-11-6-12-21-37)31-42(32-41)46-34-39(28-29-53-46)36-18-9-5-10-19-36/h4-34,56H,1-3H3. The molecular weight excluding hydrogens is 683 g/mol. The summed E-state index contributed by atoms with van der Waals surface area (Å²) >= 11 is 0. The van der Waals surface area contributed by atoms with Crippen LogP contribution in [0.2, 0.25) is 0 Å². The van der Waals surface area contributed by atoms with Crippen LogP contribution in [0, 0.1) is 0 Å². The molecule has 0 aliphatic carbocycles. The van der Waals surface area contributed by atoms with E-state index in [9.17, 15) is 5.11 Å². The Morgan fingerprint density at radius 3 is 1.70 bits per heavy atom. The van der Waals surface area contributed by atoms with E-state index >= 15 is 0 Å². The fraction of sp³-hybridized carbons (Fsp3) is 0.0769. The molecule has 0 fully saturated rings. The van der Waals surface area contributed by atoms with Crippen LogP contribution in [-0.4, -0.2) is 19.6 Å². The smallest absolute Gasteiger partial charge is 0.149 e. The van der Waals surface area contributed by atoms with Gasteiger partial charge in [-0.3, -0.25) is 9.55 Å². The molecule has 0 bridgehead atoms. The molecule has 4 heteroatoms. The first-order valence-corrected chi connectivity index (χ1v) is 19.0. The quantitative estimate of drug-likeness (QED) is 0.178. The highest BCUT2D eigenvalue weighted by molar-refractivity contribution is 5.98. The number of phenols is 1. The van der Waals surface area contributed by atoms with E-state index in [2.05, 4.69) is 165 Å². The maximum atomic E-state index is 11.3. The van der Waals surface area contributed by atoms with Crippen LogP contribution in [0.15, 0.2) is 188 Å². The van der Waals surface area contributed by atoms with Gasteiger partial charge >= 0.3 is 0 Å². The molecule has 270 valence electrons. The SMILES string of the molecule is CC(C)(C)c1cc(-c2ccccc2)ccc1-n1c(-c2ccccc2O)nc2c(-c3cc(-c4ccccc4)cc(-c4cc(-c5ccccc5)ccn4)c3)cccc21. The van der Waals surface area contributed by atoms with Gasteiger partial charge in [0.15, 0.2) is 0 Å². The highest BCUT2D eigenvalue weighted by Crippen LogP contribution is 2.42. The first-order chi connectivity index (χ1) is 27.3. The fourth-order valence-corrected chi connectivity index (χ4v) is 7.69. The van der Waals surface area contributed by atoms with Crippen molar-refractivity contribution in [1.29, 1.82) is 0 Å². The van der Waals surface area contributed by atoms with E-state index in [0.29, 0.717) is 11.4 Å². The van der Waals surface area contributed by atoms with Crippen LogP contribution in [0.4, 0.5) is 0 Å². The molecule has 0 saturated heterocycles. The number of phenolic OH excluding ortho intramolecular Hbond substituents is 1. The molecular formula is C52H41N3O. The van der Waals surface area contributed by atoms with E-state index in [0.717, 1.165) is 66.9 Å². The van der Waals surface area contributed by atoms with Gasteiger partial charge in [-0.1, -0.05) is 142 Å². The Morgan fingerprint density at radius 2 is 1.04 bits per heavy atom. The van der Waals surface area contributed by atoms with E-state index in [4.69, 9.17) is 9.97 Å². The van der Waals surface area contributed by atoms with Crippen molar-refractivity contribution in [2.75, 3.05) is 0 Å². The number of hydrogen-bond donors (Lipinski definition) is 1. The van der Waals surface area contributed by atoms with E-state index in [1.807, 2.05) is 42.6 Å². The van der Waals surface area contributed by atoms with Gasteiger partial charge in [-0.15, -0.1) is 0 Å². The molecule has 0 radical (unpaired) electrons. The molecule has 7 aromatic carbocycles. The molecule has 0 spiro atoms. The molecule has 9 rings (SSSR count). The fourth-order valence-electron chi connectivity index (χ4n) is 7.69. The summed E-state index contributed by atoms with van der Waals surface area (Å²) in [6.07, 6.45) is 1.89. The molecule has 0 amide bonds. The Balaban J connectivity index is 1.29. The number of fused-ring (bicyclic) bond motifs is 1. The maximum absolute atomic E-state index is 11.3. The first kappa shape index (κ1) is 34.7. The summed E-state index contributed by atoms with van der Waals surface area (Å²) in [4.78, 5) is 10.3. The Hall–Kier alpha value is -7.04.